The van der Waals surface area contributed by atoms with Crippen molar-refractivity contribution in [3.63, 3.8) is 0 Å². The van der Waals surface area contributed by atoms with Crippen LogP contribution in [0, 0.1) is 5.92 Å². The number of benzene rings is 1. The number of para-hydroxylation sites is 2. The number of hydrogen-bond acceptors (Lipinski definition) is 4. The van der Waals surface area contributed by atoms with Crippen LogP contribution in [0.15, 0.2) is 24.3 Å². The fraction of sp³-hybridized carbons (Fsp3) is 0.632. The Morgan fingerprint density at radius 1 is 1.32 bits per heavy atom. The summed E-state index contributed by atoms with van der Waals surface area (Å²) in [4.78, 5) is 16.7. The standard InChI is InChI=1S/C19H29N3O3/c1-14-13-25-15(2)11-22(14)19(23)20-10-16-8-9-21(12-16)17-6-4-5-7-18(17)24-3/h4-7,14-16H,8-13H2,1-3H3,(H,20,23). The number of amides is 2. The molecule has 138 valence electrons. The summed E-state index contributed by atoms with van der Waals surface area (Å²) in [6.45, 7) is 7.95. The molecule has 3 rings (SSSR count). The zero-order chi connectivity index (χ0) is 17.8. The number of anilines is 1. The molecule has 3 atom stereocenters. The minimum Gasteiger partial charge on any atom is -0.495 e. The van der Waals surface area contributed by atoms with Gasteiger partial charge in [0.1, 0.15) is 5.75 Å². The average Bonchev–Trinajstić information content (AvgIpc) is 3.10. The molecule has 2 amide bonds. The van der Waals surface area contributed by atoms with Crippen LogP contribution < -0.4 is 15.0 Å². The van der Waals surface area contributed by atoms with Gasteiger partial charge in [-0.25, -0.2) is 4.79 Å². The van der Waals surface area contributed by atoms with Crippen molar-refractivity contribution in [1.29, 1.82) is 0 Å². The van der Waals surface area contributed by atoms with E-state index in [1.165, 1.54) is 0 Å². The lowest BCUT2D eigenvalue weighted by Crippen LogP contribution is -2.54. The zero-order valence-corrected chi connectivity index (χ0v) is 15.4. The maximum atomic E-state index is 12.5. The lowest BCUT2D eigenvalue weighted by molar-refractivity contribution is -0.0318. The van der Waals surface area contributed by atoms with Crippen molar-refractivity contribution in [2.45, 2.75) is 32.4 Å². The Morgan fingerprint density at radius 2 is 2.12 bits per heavy atom. The summed E-state index contributed by atoms with van der Waals surface area (Å²) in [6.07, 6.45) is 1.18. The fourth-order valence-electron chi connectivity index (χ4n) is 3.63. The highest BCUT2D eigenvalue weighted by Gasteiger charge is 2.29. The van der Waals surface area contributed by atoms with Crippen LogP contribution in [0.25, 0.3) is 0 Å². The van der Waals surface area contributed by atoms with Crippen molar-refractivity contribution in [1.82, 2.24) is 10.2 Å². The van der Waals surface area contributed by atoms with Gasteiger partial charge in [0.15, 0.2) is 0 Å². The van der Waals surface area contributed by atoms with Crippen LogP contribution in [0.2, 0.25) is 0 Å². The second kappa shape index (κ2) is 7.95. The number of nitrogens with zero attached hydrogens (tertiary/aromatic N) is 2. The monoisotopic (exact) mass is 347 g/mol. The van der Waals surface area contributed by atoms with Gasteiger partial charge in [-0.05, 0) is 38.3 Å². The van der Waals surface area contributed by atoms with E-state index >= 15 is 0 Å². The van der Waals surface area contributed by atoms with E-state index in [1.807, 2.05) is 36.9 Å². The molecule has 3 unspecified atom stereocenters. The van der Waals surface area contributed by atoms with Crippen molar-refractivity contribution in [2.24, 2.45) is 5.92 Å². The van der Waals surface area contributed by atoms with Crippen molar-refractivity contribution < 1.29 is 14.3 Å². The van der Waals surface area contributed by atoms with Crippen molar-refractivity contribution >= 4 is 11.7 Å². The molecular weight excluding hydrogens is 318 g/mol. The molecule has 0 spiro atoms. The molecule has 1 N–H and O–H groups in total. The van der Waals surface area contributed by atoms with Gasteiger partial charge in [0, 0.05) is 26.2 Å². The lowest BCUT2D eigenvalue weighted by Gasteiger charge is -2.36. The SMILES string of the molecule is COc1ccccc1N1CCC(CNC(=O)N2CC(C)OCC2C)C1. The van der Waals surface area contributed by atoms with Crippen molar-refractivity contribution in [3.05, 3.63) is 24.3 Å². The van der Waals surface area contributed by atoms with Gasteiger partial charge in [-0.15, -0.1) is 0 Å². The summed E-state index contributed by atoms with van der Waals surface area (Å²) in [5, 5.41) is 3.12. The van der Waals surface area contributed by atoms with E-state index in [9.17, 15) is 4.79 Å². The van der Waals surface area contributed by atoms with E-state index in [0.29, 0.717) is 25.6 Å². The first kappa shape index (κ1) is 17.9. The first-order valence-corrected chi connectivity index (χ1v) is 9.12. The maximum Gasteiger partial charge on any atom is 0.317 e. The quantitative estimate of drug-likeness (QED) is 0.908. The van der Waals surface area contributed by atoms with Gasteiger partial charge in [0.25, 0.3) is 0 Å². The second-order valence-electron chi connectivity index (χ2n) is 7.10. The molecule has 0 bridgehead atoms. The van der Waals surface area contributed by atoms with E-state index in [4.69, 9.17) is 9.47 Å². The third-order valence-electron chi connectivity index (χ3n) is 5.12. The summed E-state index contributed by atoms with van der Waals surface area (Å²) in [5.41, 5.74) is 1.13. The van der Waals surface area contributed by atoms with Gasteiger partial charge >= 0.3 is 6.03 Å². The second-order valence-corrected chi connectivity index (χ2v) is 7.10. The molecular formula is C19H29N3O3. The first-order valence-electron chi connectivity index (χ1n) is 9.12. The van der Waals surface area contributed by atoms with Crippen LogP contribution in [0.3, 0.4) is 0 Å². The van der Waals surface area contributed by atoms with E-state index in [2.05, 4.69) is 16.3 Å². The number of hydrogen-bond donors (Lipinski definition) is 1. The lowest BCUT2D eigenvalue weighted by atomic mass is 10.1. The number of rotatable bonds is 4. The first-order chi connectivity index (χ1) is 12.1. The molecule has 25 heavy (non-hydrogen) atoms. The molecule has 6 heteroatoms. The molecule has 1 aromatic carbocycles. The van der Waals surface area contributed by atoms with Crippen LogP contribution in [0.4, 0.5) is 10.5 Å². The molecule has 2 heterocycles. The Balaban J connectivity index is 1.51. The molecule has 2 aliphatic rings. The predicted molar refractivity (Wildman–Crippen MR) is 98.3 cm³/mol. The molecule has 0 radical (unpaired) electrons. The minimum atomic E-state index is 0.0263. The number of methoxy groups -OCH3 is 1. The van der Waals surface area contributed by atoms with E-state index in [1.54, 1.807) is 7.11 Å². The van der Waals surface area contributed by atoms with E-state index in [0.717, 1.165) is 30.9 Å². The maximum absolute atomic E-state index is 12.5. The van der Waals surface area contributed by atoms with Gasteiger partial charge in [-0.1, -0.05) is 12.1 Å². The Morgan fingerprint density at radius 3 is 2.92 bits per heavy atom. The largest absolute Gasteiger partial charge is 0.495 e. The van der Waals surface area contributed by atoms with Crippen LogP contribution >= 0.6 is 0 Å². The highest BCUT2D eigenvalue weighted by Crippen LogP contribution is 2.31. The Kier molecular flexibility index (Phi) is 5.68. The number of ether oxygens (including phenoxy) is 2. The molecule has 2 fully saturated rings. The van der Waals surface area contributed by atoms with Crippen molar-refractivity contribution in [2.75, 3.05) is 44.8 Å². The predicted octanol–water partition coefficient (Wildman–Crippen LogP) is 2.34. The molecule has 0 aromatic heterocycles. The number of nitrogens with one attached hydrogen (secondary N) is 1. The van der Waals surface area contributed by atoms with Crippen LogP contribution in [0.5, 0.6) is 5.75 Å². The third kappa shape index (κ3) is 4.18. The highest BCUT2D eigenvalue weighted by atomic mass is 16.5. The van der Waals surface area contributed by atoms with E-state index < -0.39 is 0 Å². The fourth-order valence-corrected chi connectivity index (χ4v) is 3.63. The molecule has 0 aliphatic carbocycles. The van der Waals surface area contributed by atoms with Crippen LogP contribution in [0.1, 0.15) is 20.3 Å². The smallest absolute Gasteiger partial charge is 0.317 e. The number of morpholine rings is 1. The molecule has 1 aromatic rings. The highest BCUT2D eigenvalue weighted by molar-refractivity contribution is 5.74. The Hall–Kier alpha value is -1.95. The zero-order valence-electron chi connectivity index (χ0n) is 15.4. The van der Waals surface area contributed by atoms with Gasteiger partial charge in [-0.2, -0.15) is 0 Å². The Labute approximate surface area is 150 Å². The minimum absolute atomic E-state index is 0.0263. The average molecular weight is 347 g/mol. The summed E-state index contributed by atoms with van der Waals surface area (Å²) in [5.74, 6) is 1.37. The molecule has 0 saturated carbocycles. The van der Waals surface area contributed by atoms with Crippen molar-refractivity contribution in [3.8, 4) is 5.75 Å². The van der Waals surface area contributed by atoms with Gasteiger partial charge in [0.05, 0.1) is 31.5 Å². The number of carbonyl (C=O) groups excluding carboxylic acids is 1. The van der Waals surface area contributed by atoms with Crippen LogP contribution in [-0.4, -0.2) is 63.0 Å². The topological polar surface area (TPSA) is 54.0 Å². The molecule has 6 nitrogen and oxygen atoms in total. The third-order valence-corrected chi connectivity index (χ3v) is 5.12. The summed E-state index contributed by atoms with van der Waals surface area (Å²) in [7, 11) is 1.71. The van der Waals surface area contributed by atoms with Crippen LogP contribution in [-0.2, 0) is 4.74 Å². The van der Waals surface area contributed by atoms with Gasteiger partial charge in [-0.3, -0.25) is 0 Å². The summed E-state index contributed by atoms with van der Waals surface area (Å²) >= 11 is 0. The van der Waals surface area contributed by atoms with E-state index in [-0.39, 0.29) is 18.2 Å². The van der Waals surface area contributed by atoms with Gasteiger partial charge in [0.2, 0.25) is 0 Å². The Bertz CT molecular complexity index is 595. The number of carbonyl (C=O) groups is 1. The molecule has 2 aliphatic heterocycles. The number of urea groups is 1. The summed E-state index contributed by atoms with van der Waals surface area (Å²) in [6, 6.07) is 8.26. The summed E-state index contributed by atoms with van der Waals surface area (Å²) < 4.78 is 11.1. The van der Waals surface area contributed by atoms with Gasteiger partial charge < -0.3 is 24.6 Å². The normalized spacial score (nSPS) is 26.6. The molecule has 2 saturated heterocycles.